The summed E-state index contributed by atoms with van der Waals surface area (Å²) in [6, 6.07) is 8.29. The van der Waals surface area contributed by atoms with E-state index in [0.717, 1.165) is 48.9 Å². The van der Waals surface area contributed by atoms with E-state index in [1.54, 1.807) is 0 Å². The van der Waals surface area contributed by atoms with Crippen molar-refractivity contribution in [3.8, 4) is 17.1 Å². The fourth-order valence-electron chi connectivity index (χ4n) is 4.42. The second-order valence-corrected chi connectivity index (χ2v) is 8.91. The van der Waals surface area contributed by atoms with Gasteiger partial charge in [-0.25, -0.2) is 9.97 Å². The fourth-order valence-corrected chi connectivity index (χ4v) is 4.42. The third kappa shape index (κ3) is 7.11. The van der Waals surface area contributed by atoms with E-state index in [1.807, 2.05) is 0 Å². The van der Waals surface area contributed by atoms with Gasteiger partial charge in [0.2, 0.25) is 0 Å². The van der Waals surface area contributed by atoms with Crippen molar-refractivity contribution in [2.75, 3.05) is 6.61 Å². The Labute approximate surface area is 183 Å². The van der Waals surface area contributed by atoms with E-state index in [4.69, 9.17) is 9.72 Å². The van der Waals surface area contributed by atoms with Crippen LogP contribution in [0.5, 0.6) is 5.75 Å². The standard InChI is InChI=1S/C27H40N2O/c1-3-5-7-9-11-19-30-25-16-14-23(15-17-25)27-28-21-24-20-22(12-10-8-6-4-2)13-18-26(24)29-27/h14-17,21-22H,3-13,18-20H2,1-2H3. The minimum Gasteiger partial charge on any atom is -0.494 e. The molecular weight excluding hydrogens is 368 g/mol. The summed E-state index contributed by atoms with van der Waals surface area (Å²) in [7, 11) is 0. The summed E-state index contributed by atoms with van der Waals surface area (Å²) in [6.45, 7) is 5.33. The number of aromatic nitrogens is 2. The van der Waals surface area contributed by atoms with Gasteiger partial charge in [-0.15, -0.1) is 0 Å². The van der Waals surface area contributed by atoms with Crippen molar-refractivity contribution < 1.29 is 4.74 Å². The third-order valence-corrected chi connectivity index (χ3v) is 6.35. The van der Waals surface area contributed by atoms with Gasteiger partial charge >= 0.3 is 0 Å². The van der Waals surface area contributed by atoms with Crippen molar-refractivity contribution >= 4 is 0 Å². The van der Waals surface area contributed by atoms with Crippen LogP contribution in [-0.4, -0.2) is 16.6 Å². The SMILES string of the molecule is CCCCCCCOc1ccc(-c2ncc3c(n2)CCC(CCCCCC)C3)cc1. The molecule has 164 valence electrons. The second-order valence-electron chi connectivity index (χ2n) is 8.91. The Morgan fingerprint density at radius 1 is 0.900 bits per heavy atom. The predicted octanol–water partition coefficient (Wildman–Crippen LogP) is 7.57. The van der Waals surface area contributed by atoms with Gasteiger partial charge in [0.15, 0.2) is 5.82 Å². The number of unbranched alkanes of at least 4 members (excludes halogenated alkanes) is 7. The van der Waals surface area contributed by atoms with Gasteiger partial charge in [-0.2, -0.15) is 0 Å². The van der Waals surface area contributed by atoms with Crippen LogP contribution in [0.4, 0.5) is 0 Å². The zero-order chi connectivity index (χ0) is 21.0. The molecule has 3 heteroatoms. The van der Waals surface area contributed by atoms with Gasteiger partial charge in [0.25, 0.3) is 0 Å². The van der Waals surface area contributed by atoms with E-state index in [0.29, 0.717) is 0 Å². The van der Waals surface area contributed by atoms with Gasteiger partial charge in [-0.3, -0.25) is 0 Å². The van der Waals surface area contributed by atoms with Crippen molar-refractivity contribution in [3.63, 3.8) is 0 Å². The summed E-state index contributed by atoms with van der Waals surface area (Å²) in [6.07, 6.45) is 18.7. The molecule has 0 aliphatic heterocycles. The molecule has 1 atom stereocenters. The summed E-state index contributed by atoms with van der Waals surface area (Å²) in [5.41, 5.74) is 3.71. The Kier molecular flexibility index (Phi) is 9.66. The maximum atomic E-state index is 5.89. The highest BCUT2D eigenvalue weighted by Gasteiger charge is 2.20. The normalized spacial score (nSPS) is 15.7. The van der Waals surface area contributed by atoms with Crippen LogP contribution < -0.4 is 4.74 Å². The quantitative estimate of drug-likeness (QED) is 0.321. The summed E-state index contributed by atoms with van der Waals surface area (Å²) in [5, 5.41) is 0. The highest BCUT2D eigenvalue weighted by molar-refractivity contribution is 5.56. The maximum absolute atomic E-state index is 5.89. The van der Waals surface area contributed by atoms with Gasteiger partial charge < -0.3 is 4.74 Å². The first-order valence-corrected chi connectivity index (χ1v) is 12.4. The lowest BCUT2D eigenvalue weighted by molar-refractivity contribution is 0.304. The van der Waals surface area contributed by atoms with E-state index < -0.39 is 0 Å². The number of hydrogen-bond donors (Lipinski definition) is 0. The molecule has 0 bridgehead atoms. The molecule has 3 rings (SSSR count). The zero-order valence-corrected chi connectivity index (χ0v) is 19.2. The van der Waals surface area contributed by atoms with Gasteiger partial charge in [-0.05, 0) is 61.4 Å². The first kappa shape index (κ1) is 22.8. The van der Waals surface area contributed by atoms with Gasteiger partial charge in [0, 0.05) is 17.5 Å². The molecule has 0 N–H and O–H groups in total. The molecular formula is C27H40N2O. The van der Waals surface area contributed by atoms with Crippen LogP contribution in [-0.2, 0) is 12.8 Å². The predicted molar refractivity (Wildman–Crippen MR) is 126 cm³/mol. The number of rotatable bonds is 13. The molecule has 0 amide bonds. The Bertz CT molecular complexity index is 741. The number of fused-ring (bicyclic) bond motifs is 1. The van der Waals surface area contributed by atoms with Crippen LogP contribution in [0.2, 0.25) is 0 Å². The van der Waals surface area contributed by atoms with Crippen molar-refractivity contribution in [3.05, 3.63) is 41.7 Å². The average molecular weight is 409 g/mol. The number of benzene rings is 1. The third-order valence-electron chi connectivity index (χ3n) is 6.35. The molecule has 1 aromatic heterocycles. The topological polar surface area (TPSA) is 35.0 Å². The smallest absolute Gasteiger partial charge is 0.159 e. The van der Waals surface area contributed by atoms with Gasteiger partial charge in [0.1, 0.15) is 5.75 Å². The summed E-state index contributed by atoms with van der Waals surface area (Å²) < 4.78 is 5.89. The first-order chi connectivity index (χ1) is 14.8. The Morgan fingerprint density at radius 3 is 2.40 bits per heavy atom. The number of ether oxygens (including phenoxy) is 1. The van der Waals surface area contributed by atoms with Crippen LogP contribution in [0, 0.1) is 5.92 Å². The molecule has 3 nitrogen and oxygen atoms in total. The lowest BCUT2D eigenvalue weighted by Crippen LogP contribution is -2.16. The highest BCUT2D eigenvalue weighted by atomic mass is 16.5. The molecule has 0 radical (unpaired) electrons. The van der Waals surface area contributed by atoms with Gasteiger partial charge in [0.05, 0.1) is 6.61 Å². The number of hydrogen-bond acceptors (Lipinski definition) is 3. The van der Waals surface area contributed by atoms with Crippen LogP contribution in [0.1, 0.15) is 95.7 Å². The monoisotopic (exact) mass is 408 g/mol. The lowest BCUT2D eigenvalue weighted by Gasteiger charge is -2.24. The van der Waals surface area contributed by atoms with Crippen LogP contribution >= 0.6 is 0 Å². The summed E-state index contributed by atoms with van der Waals surface area (Å²) >= 11 is 0. The molecule has 0 spiro atoms. The van der Waals surface area contributed by atoms with Crippen LogP contribution in [0.3, 0.4) is 0 Å². The molecule has 1 unspecified atom stereocenters. The van der Waals surface area contributed by atoms with Crippen molar-refractivity contribution in [2.45, 2.75) is 97.3 Å². The Balaban J connectivity index is 1.49. The van der Waals surface area contributed by atoms with E-state index in [-0.39, 0.29) is 0 Å². The molecule has 2 aromatic rings. The molecule has 1 heterocycles. The zero-order valence-electron chi connectivity index (χ0n) is 19.2. The summed E-state index contributed by atoms with van der Waals surface area (Å²) in [4.78, 5) is 9.60. The molecule has 0 fully saturated rings. The van der Waals surface area contributed by atoms with E-state index in [9.17, 15) is 0 Å². The second kappa shape index (κ2) is 12.7. The molecule has 1 aliphatic carbocycles. The van der Waals surface area contributed by atoms with E-state index in [2.05, 4.69) is 49.3 Å². The van der Waals surface area contributed by atoms with E-state index >= 15 is 0 Å². The largest absolute Gasteiger partial charge is 0.494 e. The minimum atomic E-state index is 0.804. The molecule has 0 saturated carbocycles. The van der Waals surface area contributed by atoms with Gasteiger partial charge in [-0.1, -0.05) is 71.6 Å². The minimum absolute atomic E-state index is 0.804. The van der Waals surface area contributed by atoms with Crippen molar-refractivity contribution in [1.82, 2.24) is 9.97 Å². The number of nitrogens with zero attached hydrogens (tertiary/aromatic N) is 2. The summed E-state index contributed by atoms with van der Waals surface area (Å²) in [5.74, 6) is 2.61. The average Bonchev–Trinajstić information content (AvgIpc) is 2.79. The highest BCUT2D eigenvalue weighted by Crippen LogP contribution is 2.29. The maximum Gasteiger partial charge on any atom is 0.159 e. The number of aryl methyl sites for hydroxylation is 1. The van der Waals surface area contributed by atoms with Crippen molar-refractivity contribution in [2.24, 2.45) is 5.92 Å². The molecule has 0 saturated heterocycles. The molecule has 1 aliphatic rings. The fraction of sp³-hybridized carbons (Fsp3) is 0.630. The van der Waals surface area contributed by atoms with Crippen molar-refractivity contribution in [1.29, 1.82) is 0 Å². The molecule has 1 aromatic carbocycles. The Morgan fingerprint density at radius 2 is 1.63 bits per heavy atom. The van der Waals surface area contributed by atoms with E-state index in [1.165, 1.54) is 75.5 Å². The van der Waals surface area contributed by atoms with Crippen LogP contribution in [0.15, 0.2) is 30.5 Å². The Hall–Kier alpha value is -1.90. The lowest BCUT2D eigenvalue weighted by atomic mass is 9.84. The first-order valence-electron chi connectivity index (χ1n) is 12.4. The van der Waals surface area contributed by atoms with Crippen LogP contribution in [0.25, 0.3) is 11.4 Å². The molecule has 30 heavy (non-hydrogen) atoms.